The first kappa shape index (κ1) is 24.1. The van der Waals surface area contributed by atoms with Gasteiger partial charge in [-0.05, 0) is 73.5 Å². The zero-order valence-electron chi connectivity index (χ0n) is 20.5. The standard InChI is InChI=1S/C30H26N2O5/c1-19-4-3-5-22(16-19)18-36-24-9-7-23(8-10-24)28(33)26-27(25-11-6-20(2)37-25)32(30(35)29(26)34)17-21-12-14-31-15-13-21/h3-16,27,33H,17-18H2,1-2H3/b28-26+. The molecule has 1 aliphatic rings. The van der Waals surface area contributed by atoms with Gasteiger partial charge in [0.2, 0.25) is 0 Å². The Balaban J connectivity index is 1.45. The first-order chi connectivity index (χ1) is 17.9. The van der Waals surface area contributed by atoms with E-state index < -0.39 is 17.7 Å². The van der Waals surface area contributed by atoms with Crippen LogP contribution >= 0.6 is 0 Å². The zero-order valence-corrected chi connectivity index (χ0v) is 20.5. The molecule has 1 aliphatic heterocycles. The third-order valence-corrected chi connectivity index (χ3v) is 6.29. The second kappa shape index (κ2) is 10.1. The smallest absolute Gasteiger partial charge is 0.296 e. The maximum Gasteiger partial charge on any atom is 0.296 e. The molecule has 37 heavy (non-hydrogen) atoms. The fourth-order valence-corrected chi connectivity index (χ4v) is 4.46. The highest BCUT2D eigenvalue weighted by atomic mass is 16.5. The van der Waals surface area contributed by atoms with E-state index in [-0.39, 0.29) is 17.9 Å². The van der Waals surface area contributed by atoms with Crippen molar-refractivity contribution >= 4 is 17.4 Å². The van der Waals surface area contributed by atoms with Crippen molar-refractivity contribution in [2.75, 3.05) is 0 Å². The number of benzene rings is 2. The summed E-state index contributed by atoms with van der Waals surface area (Å²) in [6.07, 6.45) is 3.25. The Bertz CT molecular complexity index is 1470. The van der Waals surface area contributed by atoms with Crippen LogP contribution in [0.15, 0.2) is 95.2 Å². The number of pyridine rings is 1. The molecular formula is C30H26N2O5. The molecular weight excluding hydrogens is 468 g/mol. The number of carbonyl (C=O) groups is 2. The third-order valence-electron chi connectivity index (χ3n) is 6.29. The van der Waals surface area contributed by atoms with E-state index >= 15 is 0 Å². The van der Waals surface area contributed by atoms with E-state index in [1.165, 1.54) is 4.90 Å². The number of hydrogen-bond donors (Lipinski definition) is 1. The summed E-state index contributed by atoms with van der Waals surface area (Å²) < 4.78 is 11.7. The normalized spacial score (nSPS) is 16.8. The van der Waals surface area contributed by atoms with Gasteiger partial charge in [-0.25, -0.2) is 0 Å². The second-order valence-corrected chi connectivity index (χ2v) is 9.03. The SMILES string of the molecule is Cc1cccc(COc2ccc(/C(O)=C3\C(=O)C(=O)N(Cc4ccncc4)C3c3ccc(C)o3)cc2)c1. The average molecular weight is 495 g/mol. The zero-order chi connectivity index (χ0) is 25.9. The van der Waals surface area contributed by atoms with E-state index in [1.54, 1.807) is 67.8 Å². The van der Waals surface area contributed by atoms with Crippen molar-refractivity contribution in [1.82, 2.24) is 9.88 Å². The molecule has 1 amide bonds. The Morgan fingerprint density at radius 2 is 1.73 bits per heavy atom. The highest BCUT2D eigenvalue weighted by Gasteiger charge is 2.47. The summed E-state index contributed by atoms with van der Waals surface area (Å²) in [5.41, 5.74) is 3.40. The number of aliphatic hydroxyl groups is 1. The Morgan fingerprint density at radius 3 is 2.41 bits per heavy atom. The first-order valence-corrected chi connectivity index (χ1v) is 11.9. The molecule has 7 nitrogen and oxygen atoms in total. The quantitative estimate of drug-likeness (QED) is 0.207. The minimum Gasteiger partial charge on any atom is -0.507 e. The van der Waals surface area contributed by atoms with Gasteiger partial charge in [-0.2, -0.15) is 0 Å². The molecule has 1 N–H and O–H groups in total. The summed E-state index contributed by atoms with van der Waals surface area (Å²) in [6.45, 7) is 4.39. The van der Waals surface area contributed by atoms with Gasteiger partial charge in [-0.15, -0.1) is 0 Å². The van der Waals surface area contributed by atoms with Crippen LogP contribution in [-0.2, 0) is 22.7 Å². The highest BCUT2D eigenvalue weighted by Crippen LogP contribution is 2.41. The van der Waals surface area contributed by atoms with Crippen LogP contribution in [0.5, 0.6) is 5.75 Å². The van der Waals surface area contributed by atoms with E-state index in [0.29, 0.717) is 29.4 Å². The molecule has 0 bridgehead atoms. The number of Topliss-reactive ketones (excluding diaryl/α,β-unsaturated/α-hetero) is 1. The minimum atomic E-state index is -0.862. The van der Waals surface area contributed by atoms with E-state index in [4.69, 9.17) is 9.15 Å². The molecule has 4 aromatic rings. The van der Waals surface area contributed by atoms with Gasteiger partial charge >= 0.3 is 0 Å². The number of carbonyl (C=O) groups excluding carboxylic acids is 2. The lowest BCUT2D eigenvalue weighted by molar-refractivity contribution is -0.140. The third kappa shape index (κ3) is 5.02. The summed E-state index contributed by atoms with van der Waals surface area (Å²) >= 11 is 0. The van der Waals surface area contributed by atoms with Gasteiger partial charge in [0, 0.05) is 24.5 Å². The number of ether oxygens (including phenoxy) is 1. The van der Waals surface area contributed by atoms with Crippen LogP contribution in [0.3, 0.4) is 0 Å². The fraction of sp³-hybridized carbons (Fsp3) is 0.167. The van der Waals surface area contributed by atoms with Gasteiger partial charge in [0.05, 0.1) is 5.57 Å². The molecule has 2 aromatic heterocycles. The average Bonchev–Trinajstić information content (AvgIpc) is 3.44. The Hall–Kier alpha value is -4.65. The van der Waals surface area contributed by atoms with E-state index in [1.807, 2.05) is 25.1 Å². The second-order valence-electron chi connectivity index (χ2n) is 9.03. The molecule has 5 rings (SSSR count). The lowest BCUT2D eigenvalue weighted by Crippen LogP contribution is -2.29. The van der Waals surface area contributed by atoms with Gasteiger partial charge in [0.1, 0.15) is 35.7 Å². The molecule has 2 aromatic carbocycles. The molecule has 0 radical (unpaired) electrons. The number of likely N-dealkylation sites (tertiary alicyclic amines) is 1. The van der Waals surface area contributed by atoms with E-state index in [0.717, 1.165) is 16.7 Å². The number of amides is 1. The number of aromatic nitrogens is 1. The number of rotatable bonds is 7. The summed E-state index contributed by atoms with van der Waals surface area (Å²) in [6, 6.07) is 21.0. The predicted molar refractivity (Wildman–Crippen MR) is 137 cm³/mol. The van der Waals surface area contributed by atoms with Crippen LogP contribution in [0.25, 0.3) is 5.76 Å². The summed E-state index contributed by atoms with van der Waals surface area (Å²) in [4.78, 5) is 31.7. The van der Waals surface area contributed by atoms with E-state index in [9.17, 15) is 14.7 Å². The largest absolute Gasteiger partial charge is 0.507 e. The molecule has 1 saturated heterocycles. The van der Waals surface area contributed by atoms with Gasteiger partial charge in [-0.1, -0.05) is 29.8 Å². The van der Waals surface area contributed by atoms with Crippen molar-refractivity contribution < 1.29 is 23.8 Å². The number of nitrogens with zero attached hydrogens (tertiary/aromatic N) is 2. The molecule has 0 spiro atoms. The number of aliphatic hydroxyl groups excluding tert-OH is 1. The number of ketones is 1. The van der Waals surface area contributed by atoms with Gasteiger partial charge in [0.25, 0.3) is 11.7 Å². The molecule has 186 valence electrons. The Labute approximate surface area is 214 Å². The van der Waals surface area contributed by atoms with Crippen molar-refractivity contribution in [2.24, 2.45) is 0 Å². The van der Waals surface area contributed by atoms with Gasteiger partial charge < -0.3 is 19.2 Å². The van der Waals surface area contributed by atoms with Crippen LogP contribution in [0, 0.1) is 13.8 Å². The monoisotopic (exact) mass is 494 g/mol. The molecule has 0 saturated carbocycles. The lowest BCUT2D eigenvalue weighted by atomic mass is 9.99. The maximum absolute atomic E-state index is 13.2. The van der Waals surface area contributed by atoms with Crippen molar-refractivity contribution in [3.63, 3.8) is 0 Å². The summed E-state index contributed by atoms with van der Waals surface area (Å²) in [5.74, 6) is -0.0554. The maximum atomic E-state index is 13.2. The lowest BCUT2D eigenvalue weighted by Gasteiger charge is -2.23. The summed E-state index contributed by atoms with van der Waals surface area (Å²) in [5, 5.41) is 11.2. The number of furan rings is 1. The fourth-order valence-electron chi connectivity index (χ4n) is 4.46. The van der Waals surface area contributed by atoms with Crippen LogP contribution < -0.4 is 4.74 Å². The van der Waals surface area contributed by atoms with Crippen molar-refractivity contribution in [2.45, 2.75) is 33.0 Å². The van der Waals surface area contributed by atoms with Gasteiger partial charge in [-0.3, -0.25) is 14.6 Å². The minimum absolute atomic E-state index is 0.0122. The topological polar surface area (TPSA) is 92.9 Å². The highest BCUT2D eigenvalue weighted by molar-refractivity contribution is 6.46. The van der Waals surface area contributed by atoms with Crippen molar-refractivity contribution in [1.29, 1.82) is 0 Å². The first-order valence-electron chi connectivity index (χ1n) is 11.9. The van der Waals surface area contributed by atoms with Crippen LogP contribution in [0.1, 0.15) is 39.8 Å². The van der Waals surface area contributed by atoms with Crippen molar-refractivity contribution in [3.8, 4) is 5.75 Å². The number of hydrogen-bond acceptors (Lipinski definition) is 6. The molecule has 1 fully saturated rings. The predicted octanol–water partition coefficient (Wildman–Crippen LogP) is 5.49. The summed E-state index contributed by atoms with van der Waals surface area (Å²) in [7, 11) is 0. The van der Waals surface area contributed by atoms with Crippen LogP contribution in [0.2, 0.25) is 0 Å². The molecule has 7 heteroatoms. The molecule has 3 heterocycles. The van der Waals surface area contributed by atoms with Crippen molar-refractivity contribution in [3.05, 3.63) is 125 Å². The van der Waals surface area contributed by atoms with Crippen LogP contribution in [0.4, 0.5) is 0 Å². The number of aryl methyl sites for hydroxylation is 2. The molecule has 1 atom stereocenters. The van der Waals surface area contributed by atoms with E-state index in [2.05, 4.69) is 11.1 Å². The molecule has 1 unspecified atom stereocenters. The van der Waals surface area contributed by atoms with Gasteiger partial charge in [0.15, 0.2) is 0 Å². The van der Waals surface area contributed by atoms with Crippen LogP contribution in [-0.4, -0.2) is 26.7 Å². The Kier molecular flexibility index (Phi) is 6.60. The molecule has 0 aliphatic carbocycles. The Morgan fingerprint density at radius 1 is 0.973 bits per heavy atom.